The summed E-state index contributed by atoms with van der Waals surface area (Å²) in [7, 11) is 0. The van der Waals surface area contributed by atoms with Crippen LogP contribution in [0, 0.1) is 17.2 Å². The number of carbonyl (C=O) groups excluding carboxylic acids is 1. The normalized spacial score (nSPS) is 24.9. The van der Waals surface area contributed by atoms with Crippen LogP contribution < -0.4 is 4.90 Å². The third-order valence-electron chi connectivity index (χ3n) is 3.34. The number of carbonyl (C=O) groups is 1. The number of rotatable bonds is 6. The van der Waals surface area contributed by atoms with E-state index in [9.17, 15) is 4.79 Å². The van der Waals surface area contributed by atoms with E-state index in [0.29, 0.717) is 19.2 Å². The summed E-state index contributed by atoms with van der Waals surface area (Å²) in [4.78, 5) is 17.2. The molecule has 0 aliphatic carbocycles. The largest absolute Gasteiger partial charge is 0.465 e. The summed E-state index contributed by atoms with van der Waals surface area (Å²) in [6.45, 7) is 7.20. The van der Waals surface area contributed by atoms with Crippen LogP contribution in [-0.4, -0.2) is 44.5 Å². The second-order valence-corrected chi connectivity index (χ2v) is 4.47. The molecule has 1 heterocycles. The molecular formula is C13H22N3O2+. The maximum Gasteiger partial charge on any atom is 0.328 e. The number of ether oxygens (including phenoxy) is 1. The minimum Gasteiger partial charge on any atom is -0.465 e. The summed E-state index contributed by atoms with van der Waals surface area (Å²) in [6, 6.07) is 2.44. The number of aliphatic imine (C=N–C) groups is 1. The molecule has 1 fully saturated rings. The minimum atomic E-state index is -0.864. The van der Waals surface area contributed by atoms with Gasteiger partial charge in [-0.05, 0) is 13.8 Å². The number of hydrogen-bond donors (Lipinski definition) is 1. The summed E-state index contributed by atoms with van der Waals surface area (Å²) in [5.74, 6) is -1.37. The Morgan fingerprint density at radius 1 is 1.67 bits per heavy atom. The lowest BCUT2D eigenvalue weighted by atomic mass is 10.2. The molecule has 0 radical (unpaired) electrons. The second-order valence-electron chi connectivity index (χ2n) is 4.47. The van der Waals surface area contributed by atoms with Gasteiger partial charge >= 0.3 is 5.97 Å². The number of quaternary nitrogens is 1. The highest BCUT2D eigenvalue weighted by atomic mass is 16.5. The molecule has 1 N–H and O–H groups in total. The highest BCUT2D eigenvalue weighted by Gasteiger charge is 2.26. The SMILES string of the molecule is CCOC(=O)C(C#N)C=NC[C@@H]1CCC[NH+]1CC. The molecule has 0 spiro atoms. The summed E-state index contributed by atoms with van der Waals surface area (Å²) in [5.41, 5.74) is 0. The van der Waals surface area contributed by atoms with Crippen molar-refractivity contribution in [3.05, 3.63) is 0 Å². The molecule has 3 atom stereocenters. The molecule has 1 aliphatic heterocycles. The van der Waals surface area contributed by atoms with E-state index in [-0.39, 0.29) is 0 Å². The van der Waals surface area contributed by atoms with E-state index in [1.165, 1.54) is 25.6 Å². The number of nitriles is 1. The van der Waals surface area contributed by atoms with Crippen molar-refractivity contribution in [1.29, 1.82) is 5.26 Å². The van der Waals surface area contributed by atoms with Crippen molar-refractivity contribution in [3.8, 4) is 6.07 Å². The lowest BCUT2D eigenvalue weighted by Crippen LogP contribution is -3.13. The summed E-state index contributed by atoms with van der Waals surface area (Å²) < 4.78 is 4.80. The Labute approximate surface area is 108 Å². The first kappa shape index (κ1) is 14.7. The summed E-state index contributed by atoms with van der Waals surface area (Å²) in [6.07, 6.45) is 3.85. The number of esters is 1. The molecule has 18 heavy (non-hydrogen) atoms. The monoisotopic (exact) mass is 252 g/mol. The first-order valence-electron chi connectivity index (χ1n) is 6.63. The number of hydrogen-bond acceptors (Lipinski definition) is 4. The van der Waals surface area contributed by atoms with Gasteiger partial charge in [0.2, 0.25) is 0 Å². The van der Waals surface area contributed by atoms with E-state index >= 15 is 0 Å². The Hall–Kier alpha value is -1.41. The van der Waals surface area contributed by atoms with Gasteiger partial charge in [0, 0.05) is 19.1 Å². The van der Waals surface area contributed by atoms with Crippen molar-refractivity contribution >= 4 is 12.2 Å². The molecule has 2 unspecified atom stereocenters. The van der Waals surface area contributed by atoms with Crippen LogP contribution >= 0.6 is 0 Å². The van der Waals surface area contributed by atoms with Gasteiger partial charge in [-0.2, -0.15) is 5.26 Å². The van der Waals surface area contributed by atoms with Crippen molar-refractivity contribution in [1.82, 2.24) is 0 Å². The molecule has 1 rings (SSSR count). The molecule has 0 aromatic carbocycles. The zero-order valence-electron chi connectivity index (χ0n) is 11.2. The molecule has 0 aromatic rings. The molecule has 1 aliphatic rings. The molecule has 1 saturated heterocycles. The van der Waals surface area contributed by atoms with Gasteiger partial charge in [0.15, 0.2) is 5.92 Å². The van der Waals surface area contributed by atoms with E-state index < -0.39 is 11.9 Å². The predicted molar refractivity (Wildman–Crippen MR) is 68.5 cm³/mol. The van der Waals surface area contributed by atoms with Crippen LogP contribution in [0.3, 0.4) is 0 Å². The van der Waals surface area contributed by atoms with E-state index in [1.54, 1.807) is 11.8 Å². The summed E-state index contributed by atoms with van der Waals surface area (Å²) in [5, 5.41) is 8.87. The van der Waals surface area contributed by atoms with Gasteiger partial charge < -0.3 is 9.64 Å². The van der Waals surface area contributed by atoms with E-state index in [4.69, 9.17) is 10.00 Å². The lowest BCUT2D eigenvalue weighted by molar-refractivity contribution is -0.908. The third kappa shape index (κ3) is 4.11. The standard InChI is InChI=1S/C13H21N3O2/c1-3-16-7-5-6-12(16)10-15-9-11(8-14)13(17)18-4-2/h9,11-12H,3-7,10H2,1-2H3/p+1/t11?,12-/m0/s1. The fourth-order valence-corrected chi connectivity index (χ4v) is 2.34. The second kappa shape index (κ2) is 7.83. The predicted octanol–water partition coefficient (Wildman–Crippen LogP) is -0.173. The van der Waals surface area contributed by atoms with E-state index in [0.717, 1.165) is 6.54 Å². The lowest BCUT2D eigenvalue weighted by Gasteiger charge is -2.17. The number of likely N-dealkylation sites (tertiary alicyclic amines) is 1. The van der Waals surface area contributed by atoms with E-state index in [2.05, 4.69) is 11.9 Å². The Balaban J connectivity index is 2.43. The molecular weight excluding hydrogens is 230 g/mol. The highest BCUT2D eigenvalue weighted by Crippen LogP contribution is 2.01. The van der Waals surface area contributed by atoms with Crippen LogP contribution in [0.4, 0.5) is 0 Å². The molecule has 0 aromatic heterocycles. The summed E-state index contributed by atoms with van der Waals surface area (Å²) >= 11 is 0. The van der Waals surface area contributed by atoms with Crippen molar-refractivity contribution in [2.45, 2.75) is 32.7 Å². The van der Waals surface area contributed by atoms with Crippen LogP contribution in [0.25, 0.3) is 0 Å². The van der Waals surface area contributed by atoms with Gasteiger partial charge in [-0.25, -0.2) is 0 Å². The van der Waals surface area contributed by atoms with Gasteiger partial charge in [-0.3, -0.25) is 9.79 Å². The van der Waals surface area contributed by atoms with Gasteiger partial charge in [-0.1, -0.05) is 0 Å². The zero-order valence-corrected chi connectivity index (χ0v) is 11.2. The molecule has 0 amide bonds. The maximum atomic E-state index is 11.4. The topological polar surface area (TPSA) is 66.9 Å². The number of likely N-dealkylation sites (N-methyl/N-ethyl adjacent to an activating group) is 1. The van der Waals surface area contributed by atoms with Crippen molar-refractivity contribution in [2.75, 3.05) is 26.2 Å². The zero-order chi connectivity index (χ0) is 13.4. The first-order chi connectivity index (χ1) is 8.72. The highest BCUT2D eigenvalue weighted by molar-refractivity contribution is 5.92. The Bertz CT molecular complexity index is 336. The third-order valence-corrected chi connectivity index (χ3v) is 3.34. The quantitative estimate of drug-likeness (QED) is 0.527. The molecule has 100 valence electrons. The molecule has 5 nitrogen and oxygen atoms in total. The van der Waals surface area contributed by atoms with Crippen LogP contribution in [0.5, 0.6) is 0 Å². The average Bonchev–Trinajstić information content (AvgIpc) is 2.82. The number of nitrogens with zero attached hydrogens (tertiary/aromatic N) is 2. The molecule has 0 saturated carbocycles. The fraction of sp³-hybridized carbons (Fsp3) is 0.769. The maximum absolute atomic E-state index is 11.4. The molecule has 5 heteroatoms. The van der Waals surface area contributed by atoms with Crippen molar-refractivity contribution in [3.63, 3.8) is 0 Å². The smallest absolute Gasteiger partial charge is 0.328 e. The number of nitrogens with one attached hydrogen (secondary N) is 1. The van der Waals surface area contributed by atoms with Crippen LogP contribution in [0.15, 0.2) is 4.99 Å². The van der Waals surface area contributed by atoms with Crippen molar-refractivity contribution < 1.29 is 14.4 Å². The van der Waals surface area contributed by atoms with Gasteiger partial charge in [-0.15, -0.1) is 0 Å². The van der Waals surface area contributed by atoms with Gasteiger partial charge in [0.1, 0.15) is 6.04 Å². The fourth-order valence-electron chi connectivity index (χ4n) is 2.34. The van der Waals surface area contributed by atoms with Gasteiger partial charge in [0.05, 0.1) is 32.3 Å². The average molecular weight is 252 g/mol. The Kier molecular flexibility index (Phi) is 6.37. The van der Waals surface area contributed by atoms with Crippen LogP contribution in [0.2, 0.25) is 0 Å². The first-order valence-corrected chi connectivity index (χ1v) is 6.63. The van der Waals surface area contributed by atoms with Crippen LogP contribution in [0.1, 0.15) is 26.7 Å². The molecule has 0 bridgehead atoms. The Morgan fingerprint density at radius 2 is 2.44 bits per heavy atom. The minimum absolute atomic E-state index is 0.293. The van der Waals surface area contributed by atoms with E-state index in [1.807, 2.05) is 6.07 Å². The van der Waals surface area contributed by atoms with Crippen LogP contribution in [-0.2, 0) is 9.53 Å². The van der Waals surface area contributed by atoms with Gasteiger partial charge in [0.25, 0.3) is 0 Å². The Morgan fingerprint density at radius 3 is 3.06 bits per heavy atom. The van der Waals surface area contributed by atoms with Crippen molar-refractivity contribution in [2.24, 2.45) is 10.9 Å².